The van der Waals surface area contributed by atoms with Gasteiger partial charge in [0.25, 0.3) is 0 Å². The lowest BCUT2D eigenvalue weighted by Gasteiger charge is -2.24. The van der Waals surface area contributed by atoms with Crippen LogP contribution in [0.3, 0.4) is 0 Å². The quantitative estimate of drug-likeness (QED) is 0.758. The molecule has 1 N–H and O–H groups in total. The van der Waals surface area contributed by atoms with Crippen LogP contribution in [0.5, 0.6) is 0 Å². The zero-order chi connectivity index (χ0) is 12.9. The zero-order valence-electron chi connectivity index (χ0n) is 11.1. The molecule has 0 atom stereocenters. The van der Waals surface area contributed by atoms with Crippen molar-refractivity contribution in [2.45, 2.75) is 57.8 Å². The second kappa shape index (κ2) is 6.35. The molecule has 0 aliphatic rings. The number of hydrogen-bond donors (Lipinski definition) is 1. The summed E-state index contributed by atoms with van der Waals surface area (Å²) in [6, 6.07) is 0. The molecule has 98 valence electrons. The number of rotatable bonds is 7. The van der Waals surface area contributed by atoms with Crippen LogP contribution in [0.15, 0.2) is 5.16 Å². The average molecular weight is 258 g/mol. The maximum atomic E-state index is 10.2. The molecule has 0 saturated heterocycles. The summed E-state index contributed by atoms with van der Waals surface area (Å²) in [7, 11) is 0. The Kier molecular flexibility index (Phi) is 5.39. The van der Waals surface area contributed by atoms with Crippen LogP contribution in [-0.2, 0) is 6.54 Å². The summed E-state index contributed by atoms with van der Waals surface area (Å²) in [4.78, 5) is 0. The summed E-state index contributed by atoms with van der Waals surface area (Å²) in [6.45, 7) is 9.07. The molecule has 0 radical (unpaired) electrons. The van der Waals surface area contributed by atoms with Crippen LogP contribution in [0.1, 0.15) is 40.5 Å². The largest absolute Gasteiger partial charge is 0.389 e. The lowest BCUT2D eigenvalue weighted by molar-refractivity contribution is 0.0571. The van der Waals surface area contributed by atoms with Gasteiger partial charge >= 0.3 is 0 Å². The van der Waals surface area contributed by atoms with Gasteiger partial charge in [-0.2, -0.15) is 0 Å². The molecule has 1 heterocycles. The van der Waals surface area contributed by atoms with Gasteiger partial charge in [0.05, 0.1) is 5.60 Å². The van der Waals surface area contributed by atoms with E-state index in [1.807, 2.05) is 13.8 Å². The number of thioether (sulfide) groups is 1. The Hall–Kier alpha value is -0.620. The van der Waals surface area contributed by atoms with E-state index < -0.39 is 5.60 Å². The van der Waals surface area contributed by atoms with Crippen molar-refractivity contribution in [2.75, 3.05) is 5.75 Å². The summed E-state index contributed by atoms with van der Waals surface area (Å²) in [5, 5.41) is 22.6. The van der Waals surface area contributed by atoms with E-state index in [1.54, 1.807) is 4.68 Å². The Bertz CT molecular complexity index is 336. The molecule has 6 heteroatoms. The fourth-order valence-corrected chi connectivity index (χ4v) is 2.57. The number of aliphatic hydroxyl groups is 1. The van der Waals surface area contributed by atoms with Crippen LogP contribution in [0, 0.1) is 5.92 Å². The molecule has 0 bridgehead atoms. The molecule has 0 unspecified atom stereocenters. The Morgan fingerprint density at radius 3 is 2.53 bits per heavy atom. The molecule has 1 aromatic rings. The first-order valence-corrected chi connectivity index (χ1v) is 7.10. The molecule has 1 rings (SSSR count). The van der Waals surface area contributed by atoms with Gasteiger partial charge in [-0.15, -0.1) is 5.10 Å². The van der Waals surface area contributed by atoms with E-state index in [0.29, 0.717) is 11.7 Å². The maximum Gasteiger partial charge on any atom is 0.209 e. The van der Waals surface area contributed by atoms with Crippen molar-refractivity contribution in [1.82, 2.24) is 20.2 Å². The van der Waals surface area contributed by atoms with Gasteiger partial charge in [-0.25, -0.2) is 4.68 Å². The molecule has 0 saturated carbocycles. The summed E-state index contributed by atoms with van der Waals surface area (Å²) in [6.07, 6.45) is 1.50. The topological polar surface area (TPSA) is 63.8 Å². The van der Waals surface area contributed by atoms with E-state index in [0.717, 1.165) is 24.5 Å². The molecule has 0 amide bonds. The molecular weight excluding hydrogens is 236 g/mol. The normalized spacial score (nSPS) is 12.4. The van der Waals surface area contributed by atoms with Crippen molar-refractivity contribution in [1.29, 1.82) is 0 Å². The minimum Gasteiger partial charge on any atom is -0.389 e. The third-order valence-corrected chi connectivity index (χ3v) is 4.06. The highest BCUT2D eigenvalue weighted by atomic mass is 32.2. The molecule has 0 aliphatic heterocycles. The van der Waals surface area contributed by atoms with E-state index >= 15 is 0 Å². The van der Waals surface area contributed by atoms with E-state index in [9.17, 15) is 5.11 Å². The SMILES string of the molecule is CCC(O)(CC)CSc1nnnn1CC(C)C. The van der Waals surface area contributed by atoms with E-state index in [2.05, 4.69) is 29.4 Å². The highest BCUT2D eigenvalue weighted by molar-refractivity contribution is 7.99. The molecule has 0 spiro atoms. The highest BCUT2D eigenvalue weighted by Gasteiger charge is 2.23. The van der Waals surface area contributed by atoms with E-state index in [1.165, 1.54) is 11.8 Å². The van der Waals surface area contributed by atoms with Crippen LogP contribution in [0.4, 0.5) is 0 Å². The standard InChI is InChI=1S/C11H22N4OS/c1-5-11(16,6-2)8-17-10-12-13-14-15(10)7-9(3)4/h9,16H,5-8H2,1-4H3. The van der Waals surface area contributed by atoms with Crippen LogP contribution in [0.25, 0.3) is 0 Å². The van der Waals surface area contributed by atoms with Gasteiger partial charge in [-0.05, 0) is 29.2 Å². The van der Waals surface area contributed by atoms with Gasteiger partial charge in [0.15, 0.2) is 0 Å². The van der Waals surface area contributed by atoms with E-state index in [-0.39, 0.29) is 0 Å². The molecule has 0 aromatic carbocycles. The van der Waals surface area contributed by atoms with Crippen molar-refractivity contribution in [3.8, 4) is 0 Å². The molecule has 1 aromatic heterocycles. The van der Waals surface area contributed by atoms with E-state index in [4.69, 9.17) is 0 Å². The maximum absolute atomic E-state index is 10.2. The highest BCUT2D eigenvalue weighted by Crippen LogP contribution is 2.25. The van der Waals surface area contributed by atoms with Gasteiger partial charge in [-0.1, -0.05) is 39.5 Å². The third kappa shape index (κ3) is 4.27. The van der Waals surface area contributed by atoms with Gasteiger partial charge in [0, 0.05) is 12.3 Å². The number of nitrogens with zero attached hydrogens (tertiary/aromatic N) is 4. The minimum absolute atomic E-state index is 0.508. The first-order chi connectivity index (χ1) is 8.00. The monoisotopic (exact) mass is 258 g/mol. The predicted octanol–water partition coefficient (Wildman–Crippen LogP) is 1.97. The molecular formula is C11H22N4OS. The lowest BCUT2D eigenvalue weighted by atomic mass is 10.0. The molecule has 5 nitrogen and oxygen atoms in total. The molecule has 17 heavy (non-hydrogen) atoms. The zero-order valence-corrected chi connectivity index (χ0v) is 11.9. The van der Waals surface area contributed by atoms with Crippen molar-refractivity contribution < 1.29 is 5.11 Å². The van der Waals surface area contributed by atoms with Gasteiger partial charge < -0.3 is 5.11 Å². The first kappa shape index (κ1) is 14.4. The minimum atomic E-state index is -0.612. The van der Waals surface area contributed by atoms with Crippen LogP contribution < -0.4 is 0 Å². The van der Waals surface area contributed by atoms with Crippen molar-refractivity contribution in [3.63, 3.8) is 0 Å². The smallest absolute Gasteiger partial charge is 0.209 e. The summed E-state index contributed by atoms with van der Waals surface area (Å²) >= 11 is 1.53. The number of aromatic nitrogens is 4. The molecule has 0 aliphatic carbocycles. The lowest BCUT2D eigenvalue weighted by Crippen LogP contribution is -2.29. The Labute approximate surface area is 107 Å². The van der Waals surface area contributed by atoms with Crippen molar-refractivity contribution in [3.05, 3.63) is 0 Å². The van der Waals surface area contributed by atoms with Gasteiger partial charge in [0.2, 0.25) is 5.16 Å². The Morgan fingerprint density at radius 2 is 2.00 bits per heavy atom. The summed E-state index contributed by atoms with van der Waals surface area (Å²) in [5.41, 5.74) is -0.612. The summed E-state index contributed by atoms with van der Waals surface area (Å²) in [5.74, 6) is 1.15. The Balaban J connectivity index is 2.60. The van der Waals surface area contributed by atoms with Crippen molar-refractivity contribution >= 4 is 11.8 Å². The van der Waals surface area contributed by atoms with Crippen molar-refractivity contribution in [2.24, 2.45) is 5.92 Å². The molecule has 0 fully saturated rings. The fraction of sp³-hybridized carbons (Fsp3) is 0.909. The van der Waals surface area contributed by atoms with Gasteiger partial charge in [0.1, 0.15) is 0 Å². The fourth-order valence-electron chi connectivity index (χ4n) is 1.41. The third-order valence-electron chi connectivity index (χ3n) is 2.82. The first-order valence-electron chi connectivity index (χ1n) is 6.12. The average Bonchev–Trinajstić information content (AvgIpc) is 2.72. The Morgan fingerprint density at radius 1 is 1.35 bits per heavy atom. The van der Waals surface area contributed by atoms with Gasteiger partial charge in [-0.3, -0.25) is 0 Å². The number of hydrogen-bond acceptors (Lipinski definition) is 5. The number of tetrazole rings is 1. The second-order valence-electron chi connectivity index (χ2n) is 4.76. The van der Waals surface area contributed by atoms with Crippen LogP contribution in [-0.4, -0.2) is 36.7 Å². The summed E-state index contributed by atoms with van der Waals surface area (Å²) < 4.78 is 1.81. The second-order valence-corrected chi connectivity index (χ2v) is 5.70. The van der Waals surface area contributed by atoms with Crippen LogP contribution >= 0.6 is 11.8 Å². The predicted molar refractivity (Wildman–Crippen MR) is 68.9 cm³/mol. The van der Waals surface area contributed by atoms with Crippen LogP contribution in [0.2, 0.25) is 0 Å².